The molecule has 0 amide bonds. The third-order valence-corrected chi connectivity index (χ3v) is 1.26. The topological polar surface area (TPSA) is 237 Å². The van der Waals surface area contributed by atoms with Crippen molar-refractivity contribution in [2.75, 3.05) is 0 Å². The zero-order valence-corrected chi connectivity index (χ0v) is 13.7. The number of carbonyl (C=O) groups excluding carboxylic acids is 4. The number of carboxylic acids is 4. The molecule has 2 atom stereocenters. The van der Waals surface area contributed by atoms with E-state index in [9.17, 15) is 39.6 Å². The van der Waals surface area contributed by atoms with Gasteiger partial charge in [0.15, 0.2) is 0 Å². The van der Waals surface area contributed by atoms with Gasteiger partial charge in [-0.1, -0.05) is 0 Å². The van der Waals surface area contributed by atoms with Crippen molar-refractivity contribution in [1.29, 1.82) is 0 Å². The monoisotopic (exact) mass is 491 g/mol. The molecule has 0 bridgehead atoms. The summed E-state index contributed by atoms with van der Waals surface area (Å²) in [5.41, 5.74) is 0. The number of quaternary nitrogens is 1. The fourth-order valence-corrected chi connectivity index (χ4v) is 0.482. The van der Waals surface area contributed by atoms with E-state index in [4.69, 9.17) is 10.2 Å². The molecule has 0 fully saturated rings. The molecule has 0 heterocycles. The molecular weight excluding hydrogens is 479 g/mol. The average Bonchev–Trinajstić information content (AvgIpc) is 2.16. The zero-order valence-electron chi connectivity index (χ0n) is 10.2. The molecule has 0 rings (SSSR count). The minimum Gasteiger partial charge on any atom is -0.550 e. The number of rotatable bonds is 6. The van der Waals surface area contributed by atoms with Crippen LogP contribution >= 0.6 is 0 Å². The van der Waals surface area contributed by atoms with Crippen LogP contribution in [-0.2, 0) is 19.2 Å². The van der Waals surface area contributed by atoms with Crippen molar-refractivity contribution >= 4 is 50.1 Å². The minimum absolute atomic E-state index is 0. The fraction of sp³-hybridized carbons (Fsp3) is 0.500. The van der Waals surface area contributed by atoms with Crippen LogP contribution in [0.5, 0.6) is 0 Å². The summed E-state index contributed by atoms with van der Waals surface area (Å²) < 4.78 is 0. The predicted molar refractivity (Wildman–Crippen MR) is 53.0 cm³/mol. The number of hydrogen-bond acceptors (Lipinski definition) is 10. The Morgan fingerprint density at radius 3 is 1.00 bits per heavy atom. The first-order chi connectivity index (χ1) is 8.07. The Balaban J connectivity index is -0.000000116. The van der Waals surface area contributed by atoms with E-state index in [2.05, 4.69) is 0 Å². The Kier molecular flexibility index (Phi) is 19.0. The van der Waals surface area contributed by atoms with Crippen LogP contribution in [-0.4, -0.2) is 72.5 Å². The average molecular weight is 491 g/mol. The summed E-state index contributed by atoms with van der Waals surface area (Å²) in [6.45, 7) is 0. The number of carbonyl (C=O) groups is 4. The van der Waals surface area contributed by atoms with E-state index in [-0.39, 0.29) is 32.4 Å². The van der Waals surface area contributed by atoms with Gasteiger partial charge in [-0.3, -0.25) is 0 Å². The molecule has 2 unspecified atom stereocenters. The maximum atomic E-state index is 9.58. The molecule has 114 valence electrons. The van der Waals surface area contributed by atoms with Crippen molar-refractivity contribution in [3.05, 3.63) is 0 Å². The van der Waals surface area contributed by atoms with Gasteiger partial charge in [0, 0.05) is 24.8 Å². The van der Waals surface area contributed by atoms with Crippen LogP contribution in [0.15, 0.2) is 0 Å². The SMILES string of the molecule is O=C([O-])CC(O)C(=O)[O-].O=C([O-])CC(O)C(=O)[O-].[Bi+3].[NH4+]. The molecule has 0 spiro atoms. The molecular formula is C8H12BiNO10. The number of carboxylic acid groups (broad SMARTS) is 4. The van der Waals surface area contributed by atoms with Gasteiger partial charge in [0.05, 0.1) is 24.1 Å². The molecule has 11 nitrogen and oxygen atoms in total. The first-order valence-electron chi connectivity index (χ1n) is 4.25. The Hall–Kier alpha value is -1.36. The van der Waals surface area contributed by atoms with Crippen molar-refractivity contribution in [2.45, 2.75) is 25.0 Å². The Labute approximate surface area is 131 Å². The second-order valence-corrected chi connectivity index (χ2v) is 2.82. The maximum Gasteiger partial charge on any atom is 3.00 e. The van der Waals surface area contributed by atoms with E-state index in [1.54, 1.807) is 0 Å². The first kappa shape index (κ1) is 27.1. The molecule has 6 N–H and O–H groups in total. The van der Waals surface area contributed by atoms with Crippen molar-refractivity contribution < 1.29 is 49.8 Å². The van der Waals surface area contributed by atoms with Crippen molar-refractivity contribution in [3.8, 4) is 0 Å². The van der Waals surface area contributed by atoms with Crippen LogP contribution in [0.2, 0.25) is 0 Å². The molecule has 0 aliphatic rings. The second kappa shape index (κ2) is 14.1. The van der Waals surface area contributed by atoms with Gasteiger partial charge in [-0.25, -0.2) is 0 Å². The summed E-state index contributed by atoms with van der Waals surface area (Å²) in [5, 5.41) is 54.7. The third kappa shape index (κ3) is 19.0. The third-order valence-electron chi connectivity index (χ3n) is 1.26. The number of aliphatic carboxylic acids is 4. The smallest absolute Gasteiger partial charge is 0.550 e. The van der Waals surface area contributed by atoms with Gasteiger partial charge in [-0.05, 0) is 0 Å². The van der Waals surface area contributed by atoms with E-state index in [0.29, 0.717) is 0 Å². The largest absolute Gasteiger partial charge is 3.00 e. The van der Waals surface area contributed by atoms with Crippen LogP contribution in [0.4, 0.5) is 0 Å². The zero-order chi connectivity index (χ0) is 14.9. The van der Waals surface area contributed by atoms with Gasteiger partial charge >= 0.3 is 26.2 Å². The minimum atomic E-state index is -1.96. The molecule has 0 aliphatic carbocycles. The standard InChI is InChI=1S/2C4H6O5.Bi.H3N/c2*5-2(4(8)9)1-3(6)7;;/h2*2,5H,1H2,(H,6,7)(H,8,9);;1H3/q;;+3;/p-3. The molecule has 0 aliphatic heterocycles. The van der Waals surface area contributed by atoms with Crippen LogP contribution < -0.4 is 26.6 Å². The predicted octanol–water partition coefficient (Wildman–Crippen LogP) is -7.53. The summed E-state index contributed by atoms with van der Waals surface area (Å²) in [5.74, 6) is -6.85. The van der Waals surface area contributed by atoms with Gasteiger partial charge in [-0.2, -0.15) is 0 Å². The van der Waals surface area contributed by atoms with Crippen molar-refractivity contribution in [3.63, 3.8) is 0 Å². The van der Waals surface area contributed by atoms with E-state index in [0.717, 1.165) is 0 Å². The molecule has 20 heavy (non-hydrogen) atoms. The summed E-state index contributed by atoms with van der Waals surface area (Å²) in [6, 6.07) is 0. The maximum absolute atomic E-state index is 9.58. The number of hydrogen-bond donors (Lipinski definition) is 3. The van der Waals surface area contributed by atoms with Gasteiger partial charge in [0.25, 0.3) is 0 Å². The molecule has 0 aromatic heterocycles. The Morgan fingerprint density at radius 1 is 0.750 bits per heavy atom. The van der Waals surface area contributed by atoms with Crippen LogP contribution in [0, 0.1) is 0 Å². The number of aliphatic hydroxyl groups excluding tert-OH is 2. The fourth-order valence-electron chi connectivity index (χ4n) is 0.482. The first-order valence-corrected chi connectivity index (χ1v) is 4.25. The molecule has 0 saturated carbocycles. The normalized spacial score (nSPS) is 11.3. The van der Waals surface area contributed by atoms with Crippen LogP contribution in [0.3, 0.4) is 0 Å². The molecule has 12 heteroatoms. The van der Waals surface area contributed by atoms with Gasteiger partial charge in [0.2, 0.25) is 0 Å². The second-order valence-electron chi connectivity index (χ2n) is 2.82. The van der Waals surface area contributed by atoms with Crippen molar-refractivity contribution in [1.82, 2.24) is 6.15 Å². The van der Waals surface area contributed by atoms with E-state index < -0.39 is 48.9 Å². The van der Waals surface area contributed by atoms with Crippen LogP contribution in [0.1, 0.15) is 12.8 Å². The molecule has 0 aromatic carbocycles. The molecule has 0 saturated heterocycles. The van der Waals surface area contributed by atoms with Crippen molar-refractivity contribution in [2.24, 2.45) is 0 Å². The molecule has 0 aromatic rings. The summed E-state index contributed by atoms with van der Waals surface area (Å²) >= 11 is 0. The Bertz CT molecular complexity index is 301. The van der Waals surface area contributed by atoms with Gasteiger partial charge in [-0.15, -0.1) is 0 Å². The summed E-state index contributed by atoms with van der Waals surface area (Å²) in [7, 11) is 0. The van der Waals surface area contributed by atoms with E-state index >= 15 is 0 Å². The van der Waals surface area contributed by atoms with Gasteiger partial charge < -0.3 is 56.0 Å². The van der Waals surface area contributed by atoms with E-state index in [1.165, 1.54) is 0 Å². The number of aliphatic hydroxyl groups is 2. The quantitative estimate of drug-likeness (QED) is 0.297. The summed E-state index contributed by atoms with van der Waals surface area (Å²) in [6.07, 6.45) is -5.78. The van der Waals surface area contributed by atoms with Crippen LogP contribution in [0.25, 0.3) is 0 Å². The van der Waals surface area contributed by atoms with Gasteiger partial charge in [0.1, 0.15) is 0 Å². The molecule has 2 radical (unpaired) electrons. The Morgan fingerprint density at radius 2 is 0.950 bits per heavy atom. The van der Waals surface area contributed by atoms with E-state index in [1.807, 2.05) is 0 Å². The summed E-state index contributed by atoms with van der Waals surface area (Å²) in [4.78, 5) is 38.3.